The van der Waals surface area contributed by atoms with Gasteiger partial charge < -0.3 is 9.47 Å². The van der Waals surface area contributed by atoms with Crippen LogP contribution in [0, 0.1) is 5.41 Å². The predicted molar refractivity (Wildman–Crippen MR) is 58.9 cm³/mol. The number of rotatable bonds is 5. The largest absolute Gasteiger partial charge is 0.449 e. The summed E-state index contributed by atoms with van der Waals surface area (Å²) >= 11 is 0. The fourth-order valence-corrected chi connectivity index (χ4v) is 1.79. The minimum Gasteiger partial charge on any atom is -0.449 e. The van der Waals surface area contributed by atoms with Gasteiger partial charge in [-0.05, 0) is 19.8 Å². The van der Waals surface area contributed by atoms with Crippen LogP contribution in [-0.2, 0) is 23.9 Å². The van der Waals surface area contributed by atoms with Crippen molar-refractivity contribution in [2.75, 3.05) is 0 Å². The lowest BCUT2D eigenvalue weighted by Crippen LogP contribution is -2.34. The highest BCUT2D eigenvalue weighted by atomic mass is 16.6. The Morgan fingerprint density at radius 2 is 2.12 bits per heavy atom. The van der Waals surface area contributed by atoms with Crippen LogP contribution in [0.4, 0.5) is 0 Å². The molecule has 0 amide bonds. The summed E-state index contributed by atoms with van der Waals surface area (Å²) in [5.74, 6) is -1.83. The normalized spacial score (nSPS) is 23.1. The second-order valence-electron chi connectivity index (χ2n) is 4.56. The van der Waals surface area contributed by atoms with Gasteiger partial charge in [0.15, 0.2) is 0 Å². The van der Waals surface area contributed by atoms with Gasteiger partial charge in [-0.3, -0.25) is 9.59 Å². The molecule has 96 valence electrons. The zero-order valence-corrected chi connectivity index (χ0v) is 10.4. The molecule has 0 spiro atoms. The maximum absolute atomic E-state index is 12.0. The number of hydrogen-bond acceptors (Lipinski definition) is 5. The molecule has 1 heterocycles. The molecule has 2 unspecified atom stereocenters. The van der Waals surface area contributed by atoms with Crippen LogP contribution in [0.5, 0.6) is 0 Å². The van der Waals surface area contributed by atoms with E-state index in [1.807, 2.05) is 13.8 Å². The molecule has 0 aliphatic carbocycles. The minimum absolute atomic E-state index is 0.170. The summed E-state index contributed by atoms with van der Waals surface area (Å²) in [6.45, 7) is 5.69. The van der Waals surface area contributed by atoms with E-state index >= 15 is 0 Å². The van der Waals surface area contributed by atoms with E-state index in [1.54, 1.807) is 6.92 Å². The van der Waals surface area contributed by atoms with E-state index in [2.05, 4.69) is 4.74 Å². The lowest BCUT2D eigenvalue weighted by molar-refractivity contribution is -0.169. The summed E-state index contributed by atoms with van der Waals surface area (Å²) in [7, 11) is 0. The van der Waals surface area contributed by atoms with Crippen molar-refractivity contribution in [2.45, 2.75) is 52.6 Å². The maximum atomic E-state index is 12.0. The molecule has 0 saturated carbocycles. The molecule has 5 nitrogen and oxygen atoms in total. The van der Waals surface area contributed by atoms with Gasteiger partial charge in [0.2, 0.25) is 6.10 Å². The van der Waals surface area contributed by atoms with Crippen molar-refractivity contribution in [3.05, 3.63) is 0 Å². The van der Waals surface area contributed by atoms with Gasteiger partial charge in [0.05, 0.1) is 11.8 Å². The molecule has 0 N–H and O–H groups in total. The van der Waals surface area contributed by atoms with Crippen LogP contribution in [0.15, 0.2) is 0 Å². The number of carbonyl (C=O) groups excluding carboxylic acids is 3. The van der Waals surface area contributed by atoms with Gasteiger partial charge in [-0.25, -0.2) is 4.79 Å². The Kier molecular flexibility index (Phi) is 4.26. The molecule has 0 bridgehead atoms. The standard InChI is InChI=1S/C12H18O5/c1-4-6-12(3,5-2)11(15)16-8-7-9(13)17-10(8)14/h8H,4-7H2,1-3H3. The fraction of sp³-hybridized carbons (Fsp3) is 0.750. The van der Waals surface area contributed by atoms with E-state index in [1.165, 1.54) is 0 Å². The molecule has 1 aliphatic rings. The van der Waals surface area contributed by atoms with Crippen molar-refractivity contribution < 1.29 is 23.9 Å². The van der Waals surface area contributed by atoms with Crippen molar-refractivity contribution >= 4 is 17.9 Å². The van der Waals surface area contributed by atoms with Crippen molar-refractivity contribution in [2.24, 2.45) is 5.41 Å². The first-order chi connectivity index (χ1) is 7.92. The van der Waals surface area contributed by atoms with Gasteiger partial charge in [0.1, 0.15) is 0 Å². The van der Waals surface area contributed by atoms with Crippen LogP contribution in [0.3, 0.4) is 0 Å². The summed E-state index contributed by atoms with van der Waals surface area (Å²) in [4.78, 5) is 34.0. The molecule has 0 aromatic heterocycles. The van der Waals surface area contributed by atoms with Crippen LogP contribution in [0.1, 0.15) is 46.5 Å². The average molecular weight is 242 g/mol. The van der Waals surface area contributed by atoms with Gasteiger partial charge in [-0.1, -0.05) is 20.3 Å². The summed E-state index contributed by atoms with van der Waals surface area (Å²) in [5, 5.41) is 0. The first kappa shape index (κ1) is 13.7. The average Bonchev–Trinajstić information content (AvgIpc) is 2.57. The number of hydrogen-bond donors (Lipinski definition) is 0. The molecule has 5 heteroatoms. The van der Waals surface area contributed by atoms with Crippen LogP contribution in [0.25, 0.3) is 0 Å². The molecule has 17 heavy (non-hydrogen) atoms. The second kappa shape index (κ2) is 5.29. The summed E-state index contributed by atoms with van der Waals surface area (Å²) < 4.78 is 9.39. The molecular weight excluding hydrogens is 224 g/mol. The highest BCUT2D eigenvalue weighted by molar-refractivity contribution is 5.97. The van der Waals surface area contributed by atoms with E-state index in [9.17, 15) is 14.4 Å². The molecule has 0 aromatic carbocycles. The van der Waals surface area contributed by atoms with Gasteiger partial charge in [0.25, 0.3) is 0 Å². The van der Waals surface area contributed by atoms with Crippen molar-refractivity contribution in [1.29, 1.82) is 0 Å². The molecule has 1 rings (SSSR count). The minimum atomic E-state index is -1.06. The zero-order valence-electron chi connectivity index (χ0n) is 10.4. The summed E-state index contributed by atoms with van der Waals surface area (Å²) in [5.41, 5.74) is -0.597. The maximum Gasteiger partial charge on any atom is 0.355 e. The van der Waals surface area contributed by atoms with Crippen LogP contribution in [0.2, 0.25) is 0 Å². The second-order valence-corrected chi connectivity index (χ2v) is 4.56. The van der Waals surface area contributed by atoms with Crippen molar-refractivity contribution in [3.63, 3.8) is 0 Å². The summed E-state index contributed by atoms with van der Waals surface area (Å²) in [6, 6.07) is 0. The topological polar surface area (TPSA) is 69.7 Å². The Balaban J connectivity index is 2.65. The van der Waals surface area contributed by atoms with E-state index in [0.29, 0.717) is 12.8 Å². The molecular formula is C12H18O5. The number of carbonyl (C=O) groups is 3. The van der Waals surface area contributed by atoms with Crippen molar-refractivity contribution in [3.8, 4) is 0 Å². The van der Waals surface area contributed by atoms with E-state index < -0.39 is 29.4 Å². The number of ether oxygens (including phenoxy) is 2. The third kappa shape index (κ3) is 3.05. The molecule has 0 radical (unpaired) electrons. The Labute approximate surface area is 100 Å². The molecule has 2 atom stereocenters. The first-order valence-corrected chi connectivity index (χ1v) is 5.88. The lowest BCUT2D eigenvalue weighted by Gasteiger charge is -2.26. The summed E-state index contributed by atoms with van der Waals surface area (Å²) in [6.07, 6.45) is 0.954. The van der Waals surface area contributed by atoms with E-state index in [4.69, 9.17) is 4.74 Å². The fourth-order valence-electron chi connectivity index (χ4n) is 1.79. The monoisotopic (exact) mass is 242 g/mol. The molecule has 1 saturated heterocycles. The first-order valence-electron chi connectivity index (χ1n) is 5.88. The smallest absolute Gasteiger partial charge is 0.355 e. The van der Waals surface area contributed by atoms with E-state index in [0.717, 1.165) is 6.42 Å². The molecule has 1 aliphatic heterocycles. The Hall–Kier alpha value is -1.39. The van der Waals surface area contributed by atoms with Crippen molar-refractivity contribution in [1.82, 2.24) is 0 Å². The Morgan fingerprint density at radius 1 is 1.47 bits per heavy atom. The SMILES string of the molecule is CCCC(C)(CC)C(=O)OC1CC(=O)OC1=O. The van der Waals surface area contributed by atoms with Crippen LogP contribution < -0.4 is 0 Å². The van der Waals surface area contributed by atoms with Gasteiger partial charge >= 0.3 is 17.9 Å². The van der Waals surface area contributed by atoms with Crippen LogP contribution in [-0.4, -0.2) is 24.0 Å². The quantitative estimate of drug-likeness (QED) is 0.541. The predicted octanol–water partition coefficient (Wildman–Crippen LogP) is 1.59. The van der Waals surface area contributed by atoms with Crippen LogP contribution >= 0.6 is 0 Å². The van der Waals surface area contributed by atoms with Gasteiger partial charge in [-0.2, -0.15) is 0 Å². The Bertz CT molecular complexity index is 336. The van der Waals surface area contributed by atoms with E-state index in [-0.39, 0.29) is 6.42 Å². The van der Waals surface area contributed by atoms with Gasteiger partial charge in [0, 0.05) is 0 Å². The third-order valence-electron chi connectivity index (χ3n) is 3.15. The zero-order chi connectivity index (χ0) is 13.1. The number of esters is 3. The highest BCUT2D eigenvalue weighted by Gasteiger charge is 2.40. The highest BCUT2D eigenvalue weighted by Crippen LogP contribution is 2.30. The number of cyclic esters (lactones) is 2. The lowest BCUT2D eigenvalue weighted by atomic mass is 9.83. The molecule has 0 aromatic rings. The Morgan fingerprint density at radius 3 is 2.53 bits per heavy atom. The molecule has 1 fully saturated rings. The van der Waals surface area contributed by atoms with Gasteiger partial charge in [-0.15, -0.1) is 0 Å². The third-order valence-corrected chi connectivity index (χ3v) is 3.15.